The number of rotatable bonds is 8. The Hall–Kier alpha value is -0.170. The predicted octanol–water partition coefficient (Wildman–Crippen LogP) is 0.214. The Morgan fingerprint density at radius 1 is 1.31 bits per heavy atom. The fourth-order valence-corrected chi connectivity index (χ4v) is 2.91. The molecule has 0 heterocycles. The third-order valence-corrected chi connectivity index (χ3v) is 4.17. The summed E-state index contributed by atoms with van der Waals surface area (Å²) in [4.78, 5) is 0. The lowest BCUT2D eigenvalue weighted by Crippen LogP contribution is -2.31. The van der Waals surface area contributed by atoms with Crippen LogP contribution in [0.2, 0.25) is 0 Å². The molecule has 1 saturated carbocycles. The lowest BCUT2D eigenvalue weighted by atomic mass is 10.3. The maximum atomic E-state index is 11.4. The van der Waals surface area contributed by atoms with Crippen molar-refractivity contribution in [2.45, 2.75) is 38.2 Å². The average Bonchev–Trinajstić information content (AvgIpc) is 2.75. The number of sulfonamides is 1. The van der Waals surface area contributed by atoms with Crippen LogP contribution in [0.5, 0.6) is 0 Å². The minimum absolute atomic E-state index is 0.104. The highest BCUT2D eigenvalue weighted by atomic mass is 32.2. The molecule has 0 aromatic carbocycles. The SMILES string of the molecule is NCCCS(=O)(=O)NCCOC1CCCC1. The van der Waals surface area contributed by atoms with Crippen LogP contribution in [0.4, 0.5) is 0 Å². The first kappa shape index (κ1) is 13.9. The molecule has 0 atom stereocenters. The van der Waals surface area contributed by atoms with Gasteiger partial charge in [0.2, 0.25) is 10.0 Å². The van der Waals surface area contributed by atoms with Gasteiger partial charge < -0.3 is 10.5 Å². The first-order valence-corrected chi connectivity index (χ1v) is 7.58. The monoisotopic (exact) mass is 250 g/mol. The van der Waals surface area contributed by atoms with E-state index in [0.29, 0.717) is 32.2 Å². The van der Waals surface area contributed by atoms with Crippen molar-refractivity contribution in [2.24, 2.45) is 5.73 Å². The van der Waals surface area contributed by atoms with Gasteiger partial charge in [-0.3, -0.25) is 0 Å². The molecular formula is C10H22N2O3S. The van der Waals surface area contributed by atoms with Crippen molar-refractivity contribution in [2.75, 3.05) is 25.4 Å². The topological polar surface area (TPSA) is 81.4 Å². The van der Waals surface area contributed by atoms with Gasteiger partial charge in [0.05, 0.1) is 18.5 Å². The smallest absolute Gasteiger partial charge is 0.211 e. The predicted molar refractivity (Wildman–Crippen MR) is 63.7 cm³/mol. The normalized spacial score (nSPS) is 18.1. The molecule has 0 aromatic rings. The molecule has 0 radical (unpaired) electrons. The number of hydrogen-bond acceptors (Lipinski definition) is 4. The van der Waals surface area contributed by atoms with E-state index < -0.39 is 10.0 Å². The minimum atomic E-state index is -3.15. The van der Waals surface area contributed by atoms with E-state index >= 15 is 0 Å². The van der Waals surface area contributed by atoms with E-state index in [1.54, 1.807) is 0 Å². The lowest BCUT2D eigenvalue weighted by molar-refractivity contribution is 0.0626. The zero-order chi connectivity index (χ0) is 11.9. The zero-order valence-corrected chi connectivity index (χ0v) is 10.5. The molecule has 1 fully saturated rings. The second kappa shape index (κ2) is 7.21. The summed E-state index contributed by atoms with van der Waals surface area (Å²) in [6.45, 7) is 1.23. The number of nitrogens with one attached hydrogen (secondary N) is 1. The van der Waals surface area contributed by atoms with Gasteiger partial charge in [-0.05, 0) is 25.8 Å². The molecule has 1 rings (SSSR count). The van der Waals surface area contributed by atoms with Crippen LogP contribution in [-0.4, -0.2) is 40.0 Å². The maximum absolute atomic E-state index is 11.4. The highest BCUT2D eigenvalue weighted by Crippen LogP contribution is 2.20. The van der Waals surface area contributed by atoms with Crippen LogP contribution >= 0.6 is 0 Å². The summed E-state index contributed by atoms with van der Waals surface area (Å²) in [6, 6.07) is 0. The summed E-state index contributed by atoms with van der Waals surface area (Å²) in [7, 11) is -3.15. The fourth-order valence-electron chi connectivity index (χ4n) is 1.82. The van der Waals surface area contributed by atoms with E-state index in [-0.39, 0.29) is 5.75 Å². The Kier molecular flexibility index (Phi) is 6.26. The third-order valence-electron chi connectivity index (χ3n) is 2.70. The van der Waals surface area contributed by atoms with Crippen LogP contribution in [0.25, 0.3) is 0 Å². The van der Waals surface area contributed by atoms with E-state index in [0.717, 1.165) is 12.8 Å². The molecule has 96 valence electrons. The van der Waals surface area contributed by atoms with E-state index in [4.69, 9.17) is 10.5 Å². The van der Waals surface area contributed by atoms with Crippen LogP contribution in [0.1, 0.15) is 32.1 Å². The molecule has 16 heavy (non-hydrogen) atoms. The molecule has 0 aliphatic heterocycles. The zero-order valence-electron chi connectivity index (χ0n) is 9.65. The second-order valence-corrected chi connectivity index (χ2v) is 6.06. The van der Waals surface area contributed by atoms with Gasteiger partial charge in [0.15, 0.2) is 0 Å². The molecule has 0 amide bonds. The van der Waals surface area contributed by atoms with E-state index in [2.05, 4.69) is 4.72 Å². The van der Waals surface area contributed by atoms with Crippen molar-refractivity contribution in [3.8, 4) is 0 Å². The van der Waals surface area contributed by atoms with E-state index in [1.807, 2.05) is 0 Å². The van der Waals surface area contributed by atoms with Crippen LogP contribution < -0.4 is 10.5 Å². The standard InChI is InChI=1S/C10H22N2O3S/c11-6-3-9-16(13,14)12-7-8-15-10-4-1-2-5-10/h10,12H,1-9,11H2. The van der Waals surface area contributed by atoms with Crippen molar-refractivity contribution in [3.63, 3.8) is 0 Å². The van der Waals surface area contributed by atoms with Gasteiger partial charge in [0.1, 0.15) is 0 Å². The molecule has 1 aliphatic carbocycles. The van der Waals surface area contributed by atoms with Gasteiger partial charge in [-0.1, -0.05) is 12.8 Å². The minimum Gasteiger partial charge on any atom is -0.377 e. The Balaban J connectivity index is 2.05. The van der Waals surface area contributed by atoms with Gasteiger partial charge in [0.25, 0.3) is 0 Å². The Morgan fingerprint density at radius 2 is 2.00 bits per heavy atom. The largest absolute Gasteiger partial charge is 0.377 e. The van der Waals surface area contributed by atoms with E-state index in [9.17, 15) is 8.42 Å². The average molecular weight is 250 g/mol. The third kappa shape index (κ3) is 5.79. The number of hydrogen-bond donors (Lipinski definition) is 2. The maximum Gasteiger partial charge on any atom is 0.211 e. The Labute approximate surface area is 97.8 Å². The van der Waals surface area contributed by atoms with Gasteiger partial charge >= 0.3 is 0 Å². The summed E-state index contributed by atoms with van der Waals surface area (Å²) in [5.41, 5.74) is 5.26. The molecule has 0 saturated heterocycles. The van der Waals surface area contributed by atoms with Gasteiger partial charge in [-0.15, -0.1) is 0 Å². The van der Waals surface area contributed by atoms with Gasteiger partial charge in [0, 0.05) is 6.54 Å². The first-order chi connectivity index (χ1) is 7.64. The van der Waals surface area contributed by atoms with Crippen LogP contribution in [-0.2, 0) is 14.8 Å². The van der Waals surface area contributed by atoms with Crippen molar-refractivity contribution in [3.05, 3.63) is 0 Å². The molecule has 0 spiro atoms. The molecule has 3 N–H and O–H groups in total. The number of nitrogens with two attached hydrogens (primary N) is 1. The van der Waals surface area contributed by atoms with Crippen LogP contribution in [0, 0.1) is 0 Å². The molecule has 5 nitrogen and oxygen atoms in total. The summed E-state index contributed by atoms with van der Waals surface area (Å²) in [5, 5.41) is 0. The molecule has 0 bridgehead atoms. The van der Waals surface area contributed by atoms with Crippen molar-refractivity contribution >= 4 is 10.0 Å². The quantitative estimate of drug-likeness (QED) is 0.604. The highest BCUT2D eigenvalue weighted by molar-refractivity contribution is 7.89. The molecule has 1 aliphatic rings. The second-order valence-electron chi connectivity index (χ2n) is 4.13. The van der Waals surface area contributed by atoms with E-state index in [1.165, 1.54) is 12.8 Å². The van der Waals surface area contributed by atoms with Gasteiger partial charge in [-0.2, -0.15) is 0 Å². The Morgan fingerprint density at radius 3 is 2.62 bits per heavy atom. The molecule has 0 unspecified atom stereocenters. The Bertz CT molecular complexity index is 274. The van der Waals surface area contributed by atoms with Crippen molar-refractivity contribution in [1.82, 2.24) is 4.72 Å². The lowest BCUT2D eigenvalue weighted by Gasteiger charge is -2.11. The van der Waals surface area contributed by atoms with Crippen molar-refractivity contribution < 1.29 is 13.2 Å². The molecular weight excluding hydrogens is 228 g/mol. The van der Waals surface area contributed by atoms with Gasteiger partial charge in [-0.25, -0.2) is 13.1 Å². The summed E-state index contributed by atoms with van der Waals surface area (Å²) in [5.74, 6) is 0.104. The summed E-state index contributed by atoms with van der Waals surface area (Å²) >= 11 is 0. The van der Waals surface area contributed by atoms with Crippen LogP contribution in [0.15, 0.2) is 0 Å². The molecule has 6 heteroatoms. The van der Waals surface area contributed by atoms with Crippen molar-refractivity contribution in [1.29, 1.82) is 0 Å². The molecule has 0 aromatic heterocycles. The summed E-state index contributed by atoms with van der Waals surface area (Å²) in [6.07, 6.45) is 5.52. The first-order valence-electron chi connectivity index (χ1n) is 5.93. The number of ether oxygens (including phenoxy) is 1. The summed E-state index contributed by atoms with van der Waals surface area (Å²) < 4.78 is 30.8. The fraction of sp³-hybridized carbons (Fsp3) is 1.00. The van der Waals surface area contributed by atoms with Crippen LogP contribution in [0.3, 0.4) is 0 Å². The highest BCUT2D eigenvalue weighted by Gasteiger charge is 2.15.